The summed E-state index contributed by atoms with van der Waals surface area (Å²) in [6.07, 6.45) is 0. The number of nitrogens with zero attached hydrogens (tertiary/aromatic N) is 3. The summed E-state index contributed by atoms with van der Waals surface area (Å²) < 4.78 is 18.5. The molecular formula is C19H20FN3O. The minimum atomic E-state index is -0.294. The van der Waals surface area contributed by atoms with Crippen LogP contribution in [-0.4, -0.2) is 36.2 Å². The number of fused-ring (bicyclic) bond motifs is 1. The number of anilines is 1. The fourth-order valence-corrected chi connectivity index (χ4v) is 3.28. The molecule has 124 valence electrons. The van der Waals surface area contributed by atoms with Crippen LogP contribution in [0, 0.1) is 12.7 Å². The standard InChI is InChI=1S/C19H20FN3O/c1-14-3-2-4-16(11-14)23-9-7-22(8-10-23)13-18-17-6-5-15(20)12-19(17)24-21-18/h2-6,11-12H,7-10,13H2,1H3. The molecule has 0 atom stereocenters. The van der Waals surface area contributed by atoms with E-state index in [-0.39, 0.29) is 5.82 Å². The van der Waals surface area contributed by atoms with Crippen molar-refractivity contribution in [2.24, 2.45) is 0 Å². The smallest absolute Gasteiger partial charge is 0.170 e. The molecule has 1 saturated heterocycles. The van der Waals surface area contributed by atoms with E-state index in [2.05, 4.69) is 46.1 Å². The first kappa shape index (κ1) is 15.1. The number of hydrogen-bond donors (Lipinski definition) is 0. The van der Waals surface area contributed by atoms with Gasteiger partial charge in [-0.25, -0.2) is 4.39 Å². The summed E-state index contributed by atoms with van der Waals surface area (Å²) in [5, 5.41) is 5.02. The van der Waals surface area contributed by atoms with Gasteiger partial charge in [-0.1, -0.05) is 17.3 Å². The maximum atomic E-state index is 13.2. The molecule has 3 aromatic rings. The van der Waals surface area contributed by atoms with Crippen LogP contribution in [0.1, 0.15) is 11.3 Å². The second-order valence-electron chi connectivity index (χ2n) is 6.37. The Kier molecular flexibility index (Phi) is 3.94. The Balaban J connectivity index is 1.42. The van der Waals surface area contributed by atoms with Gasteiger partial charge < -0.3 is 9.42 Å². The molecule has 1 aromatic heterocycles. The number of benzene rings is 2. The van der Waals surface area contributed by atoms with Gasteiger partial charge in [-0.3, -0.25) is 4.90 Å². The van der Waals surface area contributed by atoms with Gasteiger partial charge in [0.15, 0.2) is 5.58 Å². The Bertz CT molecular complexity index is 853. The third kappa shape index (κ3) is 2.99. The normalized spacial score (nSPS) is 16.0. The van der Waals surface area contributed by atoms with E-state index in [9.17, 15) is 4.39 Å². The van der Waals surface area contributed by atoms with Crippen LogP contribution in [0.15, 0.2) is 47.0 Å². The lowest BCUT2D eigenvalue weighted by atomic mass is 10.1. The predicted octanol–water partition coefficient (Wildman–Crippen LogP) is 3.60. The van der Waals surface area contributed by atoms with Gasteiger partial charge in [0.1, 0.15) is 11.5 Å². The number of halogens is 1. The molecule has 0 saturated carbocycles. The third-order valence-corrected chi connectivity index (χ3v) is 4.62. The molecule has 2 heterocycles. The van der Waals surface area contributed by atoms with Gasteiger partial charge in [-0.15, -0.1) is 0 Å². The molecule has 0 radical (unpaired) electrons. The highest BCUT2D eigenvalue weighted by Gasteiger charge is 2.19. The maximum Gasteiger partial charge on any atom is 0.170 e. The van der Waals surface area contributed by atoms with Crippen LogP contribution in [0.25, 0.3) is 11.0 Å². The Labute approximate surface area is 140 Å². The predicted molar refractivity (Wildman–Crippen MR) is 92.6 cm³/mol. The van der Waals surface area contributed by atoms with Crippen LogP contribution in [0.5, 0.6) is 0 Å². The van der Waals surface area contributed by atoms with Crippen LogP contribution in [0.3, 0.4) is 0 Å². The van der Waals surface area contributed by atoms with Crippen molar-refractivity contribution in [2.75, 3.05) is 31.1 Å². The third-order valence-electron chi connectivity index (χ3n) is 4.62. The lowest BCUT2D eigenvalue weighted by Gasteiger charge is -2.35. The van der Waals surface area contributed by atoms with E-state index in [1.165, 1.54) is 23.4 Å². The average molecular weight is 325 g/mol. The van der Waals surface area contributed by atoms with Gasteiger partial charge >= 0.3 is 0 Å². The molecule has 1 aliphatic rings. The molecule has 1 fully saturated rings. The summed E-state index contributed by atoms with van der Waals surface area (Å²) in [7, 11) is 0. The molecule has 0 bridgehead atoms. The zero-order chi connectivity index (χ0) is 16.5. The zero-order valence-electron chi connectivity index (χ0n) is 13.7. The van der Waals surface area contributed by atoms with Crippen LogP contribution in [0.4, 0.5) is 10.1 Å². The van der Waals surface area contributed by atoms with Crippen molar-refractivity contribution < 1.29 is 8.91 Å². The minimum Gasteiger partial charge on any atom is -0.369 e. The number of rotatable bonds is 3. The molecule has 0 N–H and O–H groups in total. The lowest BCUT2D eigenvalue weighted by Crippen LogP contribution is -2.46. The Morgan fingerprint density at radius 2 is 1.92 bits per heavy atom. The lowest BCUT2D eigenvalue weighted by molar-refractivity contribution is 0.243. The number of piperazine rings is 1. The fraction of sp³-hybridized carbons (Fsp3) is 0.316. The van der Waals surface area contributed by atoms with Crippen LogP contribution in [0.2, 0.25) is 0 Å². The molecule has 2 aromatic carbocycles. The second-order valence-corrected chi connectivity index (χ2v) is 6.37. The molecular weight excluding hydrogens is 305 g/mol. The van der Waals surface area contributed by atoms with E-state index >= 15 is 0 Å². The molecule has 0 amide bonds. The largest absolute Gasteiger partial charge is 0.369 e. The highest BCUT2D eigenvalue weighted by Crippen LogP contribution is 2.22. The summed E-state index contributed by atoms with van der Waals surface area (Å²) in [6, 6.07) is 13.2. The van der Waals surface area contributed by atoms with Crippen molar-refractivity contribution in [1.82, 2.24) is 10.1 Å². The summed E-state index contributed by atoms with van der Waals surface area (Å²) in [6.45, 7) is 6.80. The van der Waals surface area contributed by atoms with Gasteiger partial charge in [-0.05, 0) is 36.8 Å². The van der Waals surface area contributed by atoms with E-state index in [4.69, 9.17) is 4.52 Å². The highest BCUT2D eigenvalue weighted by molar-refractivity contribution is 5.79. The van der Waals surface area contributed by atoms with Crippen LogP contribution >= 0.6 is 0 Å². The fourth-order valence-electron chi connectivity index (χ4n) is 3.28. The first-order valence-corrected chi connectivity index (χ1v) is 8.27. The van der Waals surface area contributed by atoms with Gasteiger partial charge in [0.2, 0.25) is 0 Å². The summed E-state index contributed by atoms with van der Waals surface area (Å²) >= 11 is 0. The molecule has 0 unspecified atom stereocenters. The molecule has 24 heavy (non-hydrogen) atoms. The van der Waals surface area contributed by atoms with Gasteiger partial charge in [0.05, 0.1) is 0 Å². The Morgan fingerprint density at radius 1 is 1.08 bits per heavy atom. The average Bonchev–Trinajstić information content (AvgIpc) is 2.97. The van der Waals surface area contributed by atoms with Gasteiger partial charge in [-0.2, -0.15) is 0 Å². The molecule has 0 spiro atoms. The number of aryl methyl sites for hydroxylation is 1. The summed E-state index contributed by atoms with van der Waals surface area (Å²) in [5.74, 6) is -0.294. The van der Waals surface area contributed by atoms with Crippen molar-refractivity contribution >= 4 is 16.7 Å². The SMILES string of the molecule is Cc1cccc(N2CCN(Cc3noc4cc(F)ccc34)CC2)c1. The first-order chi connectivity index (χ1) is 11.7. The number of aromatic nitrogens is 1. The van der Waals surface area contributed by atoms with Crippen molar-refractivity contribution in [3.05, 3.63) is 59.5 Å². The summed E-state index contributed by atoms with van der Waals surface area (Å²) in [4.78, 5) is 4.78. The van der Waals surface area contributed by atoms with Crippen molar-refractivity contribution in [3.8, 4) is 0 Å². The quantitative estimate of drug-likeness (QED) is 0.736. The van der Waals surface area contributed by atoms with Crippen LogP contribution < -0.4 is 4.90 Å². The first-order valence-electron chi connectivity index (χ1n) is 8.27. The van der Waals surface area contributed by atoms with Crippen molar-refractivity contribution in [1.29, 1.82) is 0 Å². The molecule has 0 aliphatic carbocycles. The topological polar surface area (TPSA) is 32.5 Å². The van der Waals surface area contributed by atoms with E-state index in [0.29, 0.717) is 5.58 Å². The highest BCUT2D eigenvalue weighted by atomic mass is 19.1. The van der Waals surface area contributed by atoms with E-state index < -0.39 is 0 Å². The van der Waals surface area contributed by atoms with Crippen molar-refractivity contribution in [2.45, 2.75) is 13.5 Å². The Morgan fingerprint density at radius 3 is 2.71 bits per heavy atom. The number of hydrogen-bond acceptors (Lipinski definition) is 4. The zero-order valence-corrected chi connectivity index (χ0v) is 13.7. The molecule has 5 heteroatoms. The van der Waals surface area contributed by atoms with E-state index in [0.717, 1.165) is 43.8 Å². The molecule has 1 aliphatic heterocycles. The van der Waals surface area contributed by atoms with Crippen molar-refractivity contribution in [3.63, 3.8) is 0 Å². The Hall–Kier alpha value is -2.40. The molecule has 4 rings (SSSR count). The van der Waals surface area contributed by atoms with Crippen LogP contribution in [-0.2, 0) is 6.54 Å². The van der Waals surface area contributed by atoms with E-state index in [1.54, 1.807) is 6.07 Å². The summed E-state index contributed by atoms with van der Waals surface area (Å²) in [5.41, 5.74) is 3.98. The van der Waals surface area contributed by atoms with E-state index in [1.807, 2.05) is 0 Å². The molecule has 4 nitrogen and oxygen atoms in total. The van der Waals surface area contributed by atoms with Gasteiger partial charge in [0.25, 0.3) is 0 Å². The minimum absolute atomic E-state index is 0.294. The van der Waals surface area contributed by atoms with Gasteiger partial charge in [0, 0.05) is 49.9 Å². The second kappa shape index (κ2) is 6.24. The maximum absolute atomic E-state index is 13.2. The monoisotopic (exact) mass is 325 g/mol.